The number of ether oxygens (including phenoxy) is 1. The first-order chi connectivity index (χ1) is 5.22. The Morgan fingerprint density at radius 2 is 2.55 bits per heavy atom. The molecule has 0 aliphatic rings. The maximum Gasteiger partial charge on any atom is 0.327 e. The van der Waals surface area contributed by atoms with Gasteiger partial charge in [0.05, 0.1) is 13.3 Å². The SMILES string of the molecule is COC(=O)Cn1cc(C)cn1. The summed E-state index contributed by atoms with van der Waals surface area (Å²) < 4.78 is 6.01. The summed E-state index contributed by atoms with van der Waals surface area (Å²) in [5, 5.41) is 3.92. The van der Waals surface area contributed by atoms with Gasteiger partial charge in [-0.3, -0.25) is 9.48 Å². The normalized spacial score (nSPS) is 9.64. The van der Waals surface area contributed by atoms with E-state index in [0.29, 0.717) is 0 Å². The lowest BCUT2D eigenvalue weighted by molar-refractivity contribution is -0.141. The number of carbonyl (C=O) groups excluding carboxylic acids is 1. The molecule has 0 amide bonds. The first-order valence-corrected chi connectivity index (χ1v) is 3.28. The summed E-state index contributed by atoms with van der Waals surface area (Å²) >= 11 is 0. The summed E-state index contributed by atoms with van der Waals surface area (Å²) in [6, 6.07) is 0. The van der Waals surface area contributed by atoms with Crippen LogP contribution in [0.4, 0.5) is 0 Å². The largest absolute Gasteiger partial charge is 0.468 e. The number of methoxy groups -OCH3 is 1. The van der Waals surface area contributed by atoms with Crippen LogP contribution in [0.5, 0.6) is 0 Å². The van der Waals surface area contributed by atoms with E-state index in [2.05, 4.69) is 9.84 Å². The average Bonchev–Trinajstić information content (AvgIpc) is 2.35. The Labute approximate surface area is 64.8 Å². The van der Waals surface area contributed by atoms with Gasteiger partial charge in [-0.2, -0.15) is 5.10 Å². The van der Waals surface area contributed by atoms with Crippen molar-refractivity contribution in [3.05, 3.63) is 18.0 Å². The minimum atomic E-state index is -0.284. The Balaban J connectivity index is 2.57. The smallest absolute Gasteiger partial charge is 0.327 e. The molecule has 0 unspecified atom stereocenters. The molecule has 4 nitrogen and oxygen atoms in total. The van der Waals surface area contributed by atoms with Crippen molar-refractivity contribution in [3.63, 3.8) is 0 Å². The minimum absolute atomic E-state index is 0.185. The molecule has 4 heteroatoms. The van der Waals surface area contributed by atoms with Crippen LogP contribution >= 0.6 is 0 Å². The average molecular weight is 154 g/mol. The van der Waals surface area contributed by atoms with Gasteiger partial charge in [-0.1, -0.05) is 0 Å². The highest BCUT2D eigenvalue weighted by Crippen LogP contribution is 1.93. The van der Waals surface area contributed by atoms with Gasteiger partial charge >= 0.3 is 5.97 Å². The topological polar surface area (TPSA) is 44.1 Å². The molecule has 60 valence electrons. The molecule has 0 aliphatic carbocycles. The fourth-order valence-corrected chi connectivity index (χ4v) is 0.750. The van der Waals surface area contributed by atoms with Crippen molar-refractivity contribution in [2.24, 2.45) is 0 Å². The van der Waals surface area contributed by atoms with E-state index in [1.807, 2.05) is 6.92 Å². The van der Waals surface area contributed by atoms with E-state index >= 15 is 0 Å². The van der Waals surface area contributed by atoms with E-state index in [1.54, 1.807) is 17.1 Å². The van der Waals surface area contributed by atoms with E-state index in [9.17, 15) is 4.79 Å². The van der Waals surface area contributed by atoms with Crippen LogP contribution in [-0.2, 0) is 16.1 Å². The Hall–Kier alpha value is -1.32. The third-order valence-corrected chi connectivity index (χ3v) is 1.28. The predicted octanol–water partition coefficient (Wildman–Crippen LogP) is 0.365. The van der Waals surface area contributed by atoms with Gasteiger partial charge in [-0.15, -0.1) is 0 Å². The van der Waals surface area contributed by atoms with E-state index in [4.69, 9.17) is 0 Å². The van der Waals surface area contributed by atoms with E-state index in [1.165, 1.54) is 7.11 Å². The van der Waals surface area contributed by atoms with Crippen LogP contribution in [0.2, 0.25) is 0 Å². The Kier molecular flexibility index (Phi) is 2.25. The summed E-state index contributed by atoms with van der Waals surface area (Å²) in [5.74, 6) is -0.284. The summed E-state index contributed by atoms with van der Waals surface area (Å²) in [5.41, 5.74) is 1.04. The second-order valence-electron chi connectivity index (χ2n) is 2.29. The molecule has 0 aromatic carbocycles. The van der Waals surface area contributed by atoms with Crippen molar-refractivity contribution >= 4 is 5.97 Å². The zero-order chi connectivity index (χ0) is 8.27. The molecule has 1 heterocycles. The second kappa shape index (κ2) is 3.18. The molecule has 0 bridgehead atoms. The van der Waals surface area contributed by atoms with Crippen LogP contribution in [0, 0.1) is 6.92 Å². The maximum absolute atomic E-state index is 10.7. The highest BCUT2D eigenvalue weighted by Gasteiger charge is 2.01. The van der Waals surface area contributed by atoms with Crippen molar-refractivity contribution in [1.82, 2.24) is 9.78 Å². The third kappa shape index (κ3) is 2.07. The number of rotatable bonds is 2. The van der Waals surface area contributed by atoms with Gasteiger partial charge in [0.1, 0.15) is 6.54 Å². The zero-order valence-electron chi connectivity index (χ0n) is 6.57. The van der Waals surface area contributed by atoms with Crippen molar-refractivity contribution in [3.8, 4) is 0 Å². The minimum Gasteiger partial charge on any atom is -0.468 e. The lowest BCUT2D eigenvalue weighted by Gasteiger charge is -1.97. The molecule has 0 N–H and O–H groups in total. The van der Waals surface area contributed by atoms with Gasteiger partial charge in [0.15, 0.2) is 0 Å². The van der Waals surface area contributed by atoms with E-state index < -0.39 is 0 Å². The summed E-state index contributed by atoms with van der Waals surface area (Å²) in [6.07, 6.45) is 3.49. The van der Waals surface area contributed by atoms with E-state index in [-0.39, 0.29) is 12.5 Å². The van der Waals surface area contributed by atoms with Gasteiger partial charge in [0, 0.05) is 6.20 Å². The molecule has 1 aromatic rings. The molecule has 1 rings (SSSR count). The highest BCUT2D eigenvalue weighted by molar-refractivity contribution is 5.68. The van der Waals surface area contributed by atoms with Gasteiger partial charge < -0.3 is 4.74 Å². The first kappa shape index (κ1) is 7.78. The molecule has 1 aromatic heterocycles. The fourth-order valence-electron chi connectivity index (χ4n) is 0.750. The molecule has 0 saturated carbocycles. The summed E-state index contributed by atoms with van der Waals surface area (Å²) in [6.45, 7) is 2.10. The Morgan fingerprint density at radius 1 is 1.82 bits per heavy atom. The van der Waals surface area contributed by atoms with Crippen LogP contribution in [0.1, 0.15) is 5.56 Å². The standard InChI is InChI=1S/C7H10N2O2/c1-6-3-8-9(4-6)5-7(10)11-2/h3-4H,5H2,1-2H3. The molecule has 0 saturated heterocycles. The van der Waals surface area contributed by atoms with Crippen LogP contribution in [-0.4, -0.2) is 22.9 Å². The lowest BCUT2D eigenvalue weighted by atomic mass is 10.4. The quantitative estimate of drug-likeness (QED) is 0.578. The highest BCUT2D eigenvalue weighted by atomic mass is 16.5. The van der Waals surface area contributed by atoms with Crippen molar-refractivity contribution in [1.29, 1.82) is 0 Å². The fraction of sp³-hybridized carbons (Fsp3) is 0.429. The van der Waals surface area contributed by atoms with E-state index in [0.717, 1.165) is 5.56 Å². The van der Waals surface area contributed by atoms with Crippen molar-refractivity contribution in [2.75, 3.05) is 7.11 Å². The van der Waals surface area contributed by atoms with Crippen LogP contribution in [0.25, 0.3) is 0 Å². The van der Waals surface area contributed by atoms with Crippen LogP contribution in [0.15, 0.2) is 12.4 Å². The van der Waals surface area contributed by atoms with Gasteiger partial charge in [0.25, 0.3) is 0 Å². The Morgan fingerprint density at radius 3 is 3.00 bits per heavy atom. The van der Waals surface area contributed by atoms with Gasteiger partial charge in [-0.05, 0) is 12.5 Å². The van der Waals surface area contributed by atoms with Crippen LogP contribution < -0.4 is 0 Å². The lowest BCUT2D eigenvalue weighted by Crippen LogP contribution is -2.11. The number of esters is 1. The number of hydrogen-bond acceptors (Lipinski definition) is 3. The molecule has 0 radical (unpaired) electrons. The van der Waals surface area contributed by atoms with Gasteiger partial charge in [-0.25, -0.2) is 0 Å². The number of carbonyl (C=O) groups is 1. The van der Waals surface area contributed by atoms with Crippen molar-refractivity contribution < 1.29 is 9.53 Å². The number of nitrogens with zero attached hydrogens (tertiary/aromatic N) is 2. The molecule has 11 heavy (non-hydrogen) atoms. The number of aryl methyl sites for hydroxylation is 1. The van der Waals surface area contributed by atoms with Gasteiger partial charge in [0.2, 0.25) is 0 Å². The molecule has 0 atom stereocenters. The third-order valence-electron chi connectivity index (χ3n) is 1.28. The molecule has 0 aliphatic heterocycles. The predicted molar refractivity (Wildman–Crippen MR) is 39.0 cm³/mol. The summed E-state index contributed by atoms with van der Waals surface area (Å²) in [7, 11) is 1.36. The maximum atomic E-state index is 10.7. The molecule has 0 fully saturated rings. The van der Waals surface area contributed by atoms with Crippen LogP contribution in [0.3, 0.4) is 0 Å². The molecular formula is C7H10N2O2. The molecular weight excluding hydrogens is 144 g/mol. The Bertz CT molecular complexity index is 255. The second-order valence-corrected chi connectivity index (χ2v) is 2.29. The molecule has 0 spiro atoms. The summed E-state index contributed by atoms with van der Waals surface area (Å²) in [4.78, 5) is 10.7. The number of aromatic nitrogens is 2. The zero-order valence-corrected chi connectivity index (χ0v) is 6.57. The van der Waals surface area contributed by atoms with Crippen molar-refractivity contribution in [2.45, 2.75) is 13.5 Å². The monoisotopic (exact) mass is 154 g/mol. The first-order valence-electron chi connectivity index (χ1n) is 3.28. The number of hydrogen-bond donors (Lipinski definition) is 0.